The molecule has 2 aromatic heterocycles. The maximum Gasteiger partial charge on any atom is 0.272 e. The molecule has 0 unspecified atom stereocenters. The van der Waals surface area contributed by atoms with Gasteiger partial charge in [0, 0.05) is 35.2 Å². The molecule has 0 radical (unpaired) electrons. The van der Waals surface area contributed by atoms with Crippen molar-refractivity contribution >= 4 is 11.8 Å². The molecule has 0 spiro atoms. The van der Waals surface area contributed by atoms with E-state index in [1.54, 1.807) is 22.5 Å². The van der Waals surface area contributed by atoms with E-state index in [1.165, 1.54) is 0 Å². The van der Waals surface area contributed by atoms with Gasteiger partial charge in [0.1, 0.15) is 11.6 Å². The highest BCUT2D eigenvalue weighted by Gasteiger charge is 2.23. The quantitative estimate of drug-likeness (QED) is 0.745. The van der Waals surface area contributed by atoms with Gasteiger partial charge >= 0.3 is 0 Å². The van der Waals surface area contributed by atoms with Crippen LogP contribution < -0.4 is 5.56 Å². The van der Waals surface area contributed by atoms with Crippen LogP contribution in [0.3, 0.4) is 0 Å². The summed E-state index contributed by atoms with van der Waals surface area (Å²) in [6, 6.07) is 5.87. The largest absolute Gasteiger partial charge is 0.286 e. The van der Waals surface area contributed by atoms with E-state index in [9.17, 15) is 10.1 Å². The standard InChI is InChI=1S/C18H20N4OS/c1-11-9-22-16(23)13(7-19)15(21-17(22)24-10-11)12-5-6-14(20-8-12)18(2,3)4/h5-6,8,11H,9-10H2,1-4H3/t11-/m1/s1. The first-order chi connectivity index (χ1) is 11.3. The molecule has 0 aliphatic carbocycles. The number of rotatable bonds is 1. The zero-order chi connectivity index (χ0) is 17.5. The molecule has 1 aliphatic heterocycles. The fourth-order valence-corrected chi connectivity index (χ4v) is 3.68. The van der Waals surface area contributed by atoms with Crippen molar-refractivity contribution in [3.8, 4) is 17.3 Å². The highest BCUT2D eigenvalue weighted by molar-refractivity contribution is 7.99. The van der Waals surface area contributed by atoms with E-state index in [0.717, 1.165) is 11.4 Å². The van der Waals surface area contributed by atoms with Crippen molar-refractivity contribution < 1.29 is 0 Å². The third-order valence-electron chi connectivity index (χ3n) is 4.04. The van der Waals surface area contributed by atoms with Crippen LogP contribution in [0.2, 0.25) is 0 Å². The third kappa shape index (κ3) is 2.96. The number of hydrogen-bond donors (Lipinski definition) is 0. The molecule has 0 saturated carbocycles. The smallest absolute Gasteiger partial charge is 0.272 e. The predicted octanol–water partition coefficient (Wildman–Crippen LogP) is 3.22. The summed E-state index contributed by atoms with van der Waals surface area (Å²) in [5.41, 5.74) is 1.90. The molecule has 24 heavy (non-hydrogen) atoms. The van der Waals surface area contributed by atoms with Crippen molar-refractivity contribution in [3.63, 3.8) is 0 Å². The van der Waals surface area contributed by atoms with Crippen molar-refractivity contribution in [2.24, 2.45) is 5.92 Å². The molecule has 5 nitrogen and oxygen atoms in total. The van der Waals surface area contributed by atoms with E-state index >= 15 is 0 Å². The molecular weight excluding hydrogens is 320 g/mol. The fraction of sp³-hybridized carbons (Fsp3) is 0.444. The van der Waals surface area contributed by atoms with E-state index in [2.05, 4.69) is 37.7 Å². The van der Waals surface area contributed by atoms with E-state index in [0.29, 0.717) is 28.9 Å². The lowest BCUT2D eigenvalue weighted by Crippen LogP contribution is -2.32. The Morgan fingerprint density at radius 3 is 2.71 bits per heavy atom. The first-order valence-corrected chi connectivity index (χ1v) is 8.94. The van der Waals surface area contributed by atoms with Crippen molar-refractivity contribution in [1.82, 2.24) is 14.5 Å². The summed E-state index contributed by atoms with van der Waals surface area (Å²) in [7, 11) is 0. The van der Waals surface area contributed by atoms with Gasteiger partial charge in [0.25, 0.3) is 5.56 Å². The first-order valence-electron chi connectivity index (χ1n) is 7.96. The van der Waals surface area contributed by atoms with Crippen LogP contribution in [0.5, 0.6) is 0 Å². The topological polar surface area (TPSA) is 71.6 Å². The minimum absolute atomic E-state index is 0.0502. The lowest BCUT2D eigenvalue weighted by molar-refractivity contribution is 0.460. The van der Waals surface area contributed by atoms with Gasteiger partial charge in [-0.2, -0.15) is 5.26 Å². The van der Waals surface area contributed by atoms with Gasteiger partial charge in [0.05, 0.1) is 5.69 Å². The van der Waals surface area contributed by atoms with Gasteiger partial charge in [-0.25, -0.2) is 4.98 Å². The number of thioether (sulfide) groups is 1. The van der Waals surface area contributed by atoms with Gasteiger partial charge in [-0.05, 0) is 18.1 Å². The van der Waals surface area contributed by atoms with Crippen molar-refractivity contribution in [3.05, 3.63) is 39.9 Å². The third-order valence-corrected chi connectivity index (χ3v) is 5.35. The number of nitrogens with zero attached hydrogens (tertiary/aromatic N) is 4. The highest BCUT2D eigenvalue weighted by Crippen LogP contribution is 2.29. The molecule has 1 aliphatic rings. The van der Waals surface area contributed by atoms with Gasteiger partial charge in [0.2, 0.25) is 0 Å². The maximum absolute atomic E-state index is 12.7. The Balaban J connectivity index is 2.14. The minimum Gasteiger partial charge on any atom is -0.286 e. The molecule has 3 rings (SSSR count). The average molecular weight is 340 g/mol. The number of aromatic nitrogens is 3. The van der Waals surface area contributed by atoms with Crippen LogP contribution in [-0.2, 0) is 12.0 Å². The Labute approximate surface area is 145 Å². The van der Waals surface area contributed by atoms with Gasteiger partial charge in [-0.15, -0.1) is 0 Å². The van der Waals surface area contributed by atoms with Gasteiger partial charge in [0.15, 0.2) is 5.16 Å². The minimum atomic E-state index is -0.253. The average Bonchev–Trinajstić information content (AvgIpc) is 2.54. The Morgan fingerprint density at radius 1 is 1.38 bits per heavy atom. The second kappa shape index (κ2) is 6.06. The highest BCUT2D eigenvalue weighted by atomic mass is 32.2. The van der Waals surface area contributed by atoms with E-state index in [-0.39, 0.29) is 16.5 Å². The molecule has 0 amide bonds. The normalized spacial score (nSPS) is 17.2. The van der Waals surface area contributed by atoms with Gasteiger partial charge < -0.3 is 0 Å². The van der Waals surface area contributed by atoms with Crippen molar-refractivity contribution in [2.75, 3.05) is 5.75 Å². The molecule has 3 heterocycles. The van der Waals surface area contributed by atoms with Crippen LogP contribution in [0.1, 0.15) is 39.0 Å². The summed E-state index contributed by atoms with van der Waals surface area (Å²) in [5, 5.41) is 10.2. The summed E-state index contributed by atoms with van der Waals surface area (Å²) in [5.74, 6) is 1.33. The summed E-state index contributed by atoms with van der Waals surface area (Å²) >= 11 is 1.57. The molecule has 0 N–H and O–H groups in total. The lowest BCUT2D eigenvalue weighted by Gasteiger charge is -2.23. The molecule has 6 heteroatoms. The zero-order valence-electron chi connectivity index (χ0n) is 14.3. The molecular formula is C18H20N4OS. The van der Waals surface area contributed by atoms with Crippen LogP contribution in [0.25, 0.3) is 11.3 Å². The van der Waals surface area contributed by atoms with Gasteiger partial charge in [-0.1, -0.05) is 39.5 Å². The second-order valence-electron chi connectivity index (χ2n) is 7.24. The zero-order valence-corrected chi connectivity index (χ0v) is 15.1. The summed E-state index contributed by atoms with van der Waals surface area (Å²) in [6.07, 6.45) is 1.70. The molecule has 2 aromatic rings. The van der Waals surface area contributed by atoms with Crippen LogP contribution in [0.4, 0.5) is 0 Å². The molecule has 0 fully saturated rings. The predicted molar refractivity (Wildman–Crippen MR) is 95.0 cm³/mol. The maximum atomic E-state index is 12.7. The van der Waals surface area contributed by atoms with Gasteiger partial charge in [-0.3, -0.25) is 14.3 Å². The Hall–Kier alpha value is -2.13. The van der Waals surface area contributed by atoms with Crippen molar-refractivity contribution in [2.45, 2.75) is 44.8 Å². The molecule has 0 saturated heterocycles. The number of pyridine rings is 1. The number of nitriles is 1. The number of hydrogen-bond acceptors (Lipinski definition) is 5. The lowest BCUT2D eigenvalue weighted by atomic mass is 9.91. The van der Waals surface area contributed by atoms with Crippen LogP contribution in [0.15, 0.2) is 28.3 Å². The van der Waals surface area contributed by atoms with E-state index in [4.69, 9.17) is 0 Å². The monoisotopic (exact) mass is 340 g/mol. The molecule has 1 atom stereocenters. The SMILES string of the molecule is C[C@H]1CSc2nc(-c3ccc(C(C)(C)C)nc3)c(C#N)c(=O)n2C1. The Kier molecular flexibility index (Phi) is 4.22. The summed E-state index contributed by atoms with van der Waals surface area (Å²) < 4.78 is 1.62. The van der Waals surface area contributed by atoms with E-state index < -0.39 is 0 Å². The Bertz CT molecular complexity index is 872. The molecule has 0 bridgehead atoms. The fourth-order valence-electron chi connectivity index (χ4n) is 2.67. The Morgan fingerprint density at radius 2 is 2.12 bits per heavy atom. The summed E-state index contributed by atoms with van der Waals surface area (Å²) in [4.78, 5) is 21.8. The van der Waals surface area contributed by atoms with Crippen LogP contribution in [-0.4, -0.2) is 20.3 Å². The second-order valence-corrected chi connectivity index (χ2v) is 8.23. The first kappa shape index (κ1) is 16.7. The van der Waals surface area contributed by atoms with Crippen molar-refractivity contribution in [1.29, 1.82) is 5.26 Å². The van der Waals surface area contributed by atoms with E-state index in [1.807, 2.05) is 18.2 Å². The molecule has 124 valence electrons. The van der Waals surface area contributed by atoms with Crippen LogP contribution >= 0.6 is 11.8 Å². The molecule has 0 aromatic carbocycles. The summed E-state index contributed by atoms with van der Waals surface area (Å²) in [6.45, 7) is 8.99. The number of fused-ring (bicyclic) bond motifs is 1. The van der Waals surface area contributed by atoms with Crippen LogP contribution in [0, 0.1) is 17.2 Å².